The lowest BCUT2D eigenvalue weighted by Gasteiger charge is -2.40. The van der Waals surface area contributed by atoms with Crippen LogP contribution in [-0.4, -0.2) is 40.9 Å². The van der Waals surface area contributed by atoms with E-state index in [9.17, 15) is 10.2 Å². The van der Waals surface area contributed by atoms with Gasteiger partial charge in [-0.15, -0.1) is 0 Å². The Kier molecular flexibility index (Phi) is 2.66. The van der Waals surface area contributed by atoms with Crippen molar-refractivity contribution in [3.63, 3.8) is 0 Å². The molecule has 2 heterocycles. The van der Waals surface area contributed by atoms with Crippen LogP contribution in [0.3, 0.4) is 0 Å². The second-order valence-electron chi connectivity index (χ2n) is 6.67. The third-order valence-corrected chi connectivity index (χ3v) is 5.41. The largest absolute Gasteiger partial charge is 0.504 e. The fraction of sp³-hybridized carbons (Fsp3) is 0.529. The molecule has 1 aromatic carbocycles. The van der Waals surface area contributed by atoms with Crippen LogP contribution in [-0.2, 0) is 12.0 Å². The van der Waals surface area contributed by atoms with Gasteiger partial charge in [0.15, 0.2) is 11.5 Å². The van der Waals surface area contributed by atoms with Crippen molar-refractivity contribution in [2.24, 2.45) is 0 Å². The molecule has 0 fully saturated rings. The van der Waals surface area contributed by atoms with Gasteiger partial charge in [0.05, 0.1) is 11.5 Å². The SMILES string of the molecule is CC1=C[C@H](O)C[C@@H]2Oc3c(O)ccc4c3[C@]12CCN(C)C4. The van der Waals surface area contributed by atoms with E-state index in [0.29, 0.717) is 12.2 Å². The number of nitrogens with zero attached hydrogens (tertiary/aromatic N) is 1. The van der Waals surface area contributed by atoms with Crippen LogP contribution in [0.5, 0.6) is 11.5 Å². The van der Waals surface area contributed by atoms with Crippen molar-refractivity contribution in [3.05, 3.63) is 34.9 Å². The number of aromatic hydroxyl groups is 1. The van der Waals surface area contributed by atoms with Crippen LogP contribution in [0.4, 0.5) is 0 Å². The zero-order chi connectivity index (χ0) is 14.8. The fourth-order valence-corrected chi connectivity index (χ4v) is 4.40. The highest BCUT2D eigenvalue weighted by Gasteiger charge is 2.55. The molecule has 0 bridgehead atoms. The summed E-state index contributed by atoms with van der Waals surface area (Å²) in [6.45, 7) is 3.94. The topological polar surface area (TPSA) is 52.9 Å². The molecule has 0 radical (unpaired) electrons. The van der Waals surface area contributed by atoms with Crippen molar-refractivity contribution >= 4 is 0 Å². The molecule has 0 unspecified atom stereocenters. The first-order valence-electron chi connectivity index (χ1n) is 7.60. The van der Waals surface area contributed by atoms with Gasteiger partial charge in [0, 0.05) is 18.5 Å². The molecule has 1 aromatic rings. The molecular formula is C17H21NO3. The number of aliphatic hydroxyl groups is 1. The first-order chi connectivity index (χ1) is 10.0. The predicted octanol–water partition coefficient (Wildman–Crippen LogP) is 1.94. The van der Waals surface area contributed by atoms with Gasteiger partial charge in [0.2, 0.25) is 0 Å². The Balaban J connectivity index is 2.00. The summed E-state index contributed by atoms with van der Waals surface area (Å²) in [4.78, 5) is 2.31. The van der Waals surface area contributed by atoms with Crippen molar-refractivity contribution in [1.29, 1.82) is 0 Å². The van der Waals surface area contributed by atoms with Crippen LogP contribution in [0.25, 0.3) is 0 Å². The Morgan fingerprint density at radius 3 is 3.00 bits per heavy atom. The number of hydrogen-bond acceptors (Lipinski definition) is 4. The standard InChI is InChI=1S/C17H21NO3/c1-10-7-12(19)8-14-17(10)5-6-18(2)9-11-3-4-13(20)16(21-14)15(11)17/h3-4,7,12,14,19-20H,5-6,8-9H2,1-2H3/t12-,14-,17+/m0/s1. The summed E-state index contributed by atoms with van der Waals surface area (Å²) in [7, 11) is 2.13. The van der Waals surface area contributed by atoms with Gasteiger partial charge in [-0.1, -0.05) is 17.7 Å². The lowest BCUT2D eigenvalue weighted by atomic mass is 9.64. The van der Waals surface area contributed by atoms with Crippen LogP contribution in [0.15, 0.2) is 23.8 Å². The minimum atomic E-state index is -0.457. The van der Waals surface area contributed by atoms with E-state index in [1.54, 1.807) is 6.07 Å². The molecular weight excluding hydrogens is 266 g/mol. The van der Waals surface area contributed by atoms with Crippen molar-refractivity contribution in [2.45, 2.75) is 43.9 Å². The minimum Gasteiger partial charge on any atom is -0.504 e. The predicted molar refractivity (Wildman–Crippen MR) is 79.5 cm³/mol. The van der Waals surface area contributed by atoms with E-state index in [4.69, 9.17) is 4.74 Å². The van der Waals surface area contributed by atoms with Gasteiger partial charge in [0.25, 0.3) is 0 Å². The molecule has 3 atom stereocenters. The molecule has 0 saturated heterocycles. The highest BCUT2D eigenvalue weighted by Crippen LogP contribution is 2.57. The Morgan fingerprint density at radius 1 is 1.38 bits per heavy atom. The average molecular weight is 287 g/mol. The Morgan fingerprint density at radius 2 is 2.19 bits per heavy atom. The maximum Gasteiger partial charge on any atom is 0.165 e. The number of phenols is 1. The Bertz CT molecular complexity index is 639. The van der Waals surface area contributed by atoms with Crippen molar-refractivity contribution in [1.82, 2.24) is 4.90 Å². The van der Waals surface area contributed by atoms with E-state index in [-0.39, 0.29) is 17.3 Å². The van der Waals surface area contributed by atoms with Gasteiger partial charge in [-0.25, -0.2) is 0 Å². The van der Waals surface area contributed by atoms with E-state index in [1.165, 1.54) is 11.1 Å². The van der Waals surface area contributed by atoms with Gasteiger partial charge in [-0.2, -0.15) is 0 Å². The summed E-state index contributed by atoms with van der Waals surface area (Å²) in [5.74, 6) is 0.851. The zero-order valence-corrected chi connectivity index (χ0v) is 12.5. The summed E-state index contributed by atoms with van der Waals surface area (Å²) >= 11 is 0. The smallest absolute Gasteiger partial charge is 0.165 e. The van der Waals surface area contributed by atoms with Crippen LogP contribution in [0.2, 0.25) is 0 Å². The lowest BCUT2D eigenvalue weighted by molar-refractivity contribution is 0.0762. The van der Waals surface area contributed by atoms with E-state index in [2.05, 4.69) is 18.9 Å². The van der Waals surface area contributed by atoms with Gasteiger partial charge in [0.1, 0.15) is 6.10 Å². The molecule has 2 N–H and O–H groups in total. The van der Waals surface area contributed by atoms with Crippen LogP contribution >= 0.6 is 0 Å². The monoisotopic (exact) mass is 287 g/mol. The van der Waals surface area contributed by atoms with Crippen LogP contribution in [0.1, 0.15) is 30.9 Å². The maximum absolute atomic E-state index is 10.2. The lowest BCUT2D eigenvalue weighted by Crippen LogP contribution is -2.45. The Labute approximate surface area is 124 Å². The molecule has 4 nitrogen and oxygen atoms in total. The molecule has 0 saturated carbocycles. The van der Waals surface area contributed by atoms with E-state index >= 15 is 0 Å². The van der Waals surface area contributed by atoms with E-state index < -0.39 is 6.10 Å². The first-order valence-corrected chi connectivity index (χ1v) is 7.60. The van der Waals surface area contributed by atoms with Crippen LogP contribution < -0.4 is 4.74 Å². The zero-order valence-electron chi connectivity index (χ0n) is 12.5. The van der Waals surface area contributed by atoms with Crippen molar-refractivity contribution in [2.75, 3.05) is 13.6 Å². The number of phenolic OH excluding ortho intramolecular Hbond substituents is 1. The highest BCUT2D eigenvalue weighted by atomic mass is 16.5. The number of ether oxygens (including phenoxy) is 1. The van der Waals surface area contributed by atoms with Crippen molar-refractivity contribution in [3.8, 4) is 11.5 Å². The Hall–Kier alpha value is -1.52. The third kappa shape index (κ3) is 1.63. The molecule has 2 aliphatic heterocycles. The normalized spacial score (nSPS) is 34.5. The summed E-state index contributed by atoms with van der Waals surface area (Å²) in [6, 6.07) is 3.75. The summed E-state index contributed by atoms with van der Waals surface area (Å²) in [5, 5.41) is 20.3. The highest BCUT2D eigenvalue weighted by molar-refractivity contribution is 5.61. The summed E-state index contributed by atoms with van der Waals surface area (Å²) < 4.78 is 6.12. The third-order valence-electron chi connectivity index (χ3n) is 5.41. The second kappa shape index (κ2) is 4.24. The molecule has 4 heteroatoms. The molecule has 4 rings (SSSR count). The van der Waals surface area contributed by atoms with Crippen LogP contribution in [0, 0.1) is 0 Å². The minimum absolute atomic E-state index is 0.0777. The molecule has 1 aliphatic carbocycles. The average Bonchev–Trinajstić information content (AvgIpc) is 2.68. The van der Waals surface area contributed by atoms with Crippen molar-refractivity contribution < 1.29 is 14.9 Å². The quantitative estimate of drug-likeness (QED) is 0.716. The van der Waals surface area contributed by atoms with E-state index in [1.807, 2.05) is 12.1 Å². The van der Waals surface area contributed by atoms with Gasteiger partial charge < -0.3 is 19.8 Å². The van der Waals surface area contributed by atoms with E-state index in [0.717, 1.165) is 25.1 Å². The second-order valence-corrected chi connectivity index (χ2v) is 6.67. The molecule has 112 valence electrons. The molecule has 21 heavy (non-hydrogen) atoms. The fourth-order valence-electron chi connectivity index (χ4n) is 4.40. The maximum atomic E-state index is 10.2. The number of hydrogen-bond donors (Lipinski definition) is 2. The molecule has 3 aliphatic rings. The molecule has 0 aromatic heterocycles. The summed E-state index contributed by atoms with van der Waals surface area (Å²) in [5.41, 5.74) is 3.37. The number of benzene rings is 1. The molecule has 1 spiro atoms. The number of aliphatic hydroxyl groups excluding tert-OH is 1. The summed E-state index contributed by atoms with van der Waals surface area (Å²) in [6.07, 6.45) is 2.99. The van der Waals surface area contributed by atoms with Gasteiger partial charge in [-0.05, 0) is 38.6 Å². The first kappa shape index (κ1) is 13.2. The number of rotatable bonds is 0. The molecule has 0 amide bonds. The van der Waals surface area contributed by atoms with Gasteiger partial charge in [-0.3, -0.25) is 0 Å². The van der Waals surface area contributed by atoms with Gasteiger partial charge >= 0.3 is 0 Å².